The highest BCUT2D eigenvalue weighted by atomic mass is 19.4. The Bertz CT molecular complexity index is 1160. The molecule has 1 fully saturated rings. The molecule has 3 rings (SSSR count). The van der Waals surface area contributed by atoms with E-state index in [0.717, 1.165) is 6.07 Å². The summed E-state index contributed by atoms with van der Waals surface area (Å²) in [4.78, 5) is 38.6. The molecule has 0 spiro atoms. The number of alkyl halides is 4. The van der Waals surface area contributed by atoms with Crippen molar-refractivity contribution >= 4 is 12.0 Å². The second-order valence-corrected chi connectivity index (χ2v) is 9.12. The molecule has 1 aliphatic heterocycles. The standard InChI is InChI=1S/C23H25F4N3O5/c1-22(2,3)35-21(33)30-10-13(24)8-14(30)11-34-15-6-4-12(5-7-15)16-9-17(19(28)31)20(32)29-18(16)23(25,26)27/h4-7,9,13-14H,8,10-11H2,1-3H3,(H2,28,31)(H,29,32)/t13-,14-/m0/s1. The molecule has 0 bridgehead atoms. The zero-order chi connectivity index (χ0) is 26.1. The number of carbonyl (C=O) groups excluding carboxylic acids is 2. The molecule has 2 atom stereocenters. The third kappa shape index (κ3) is 6.31. The van der Waals surface area contributed by atoms with Gasteiger partial charge in [0.25, 0.3) is 11.5 Å². The van der Waals surface area contributed by atoms with Crippen molar-refractivity contribution in [3.05, 3.63) is 51.9 Å². The number of carbonyl (C=O) groups is 2. The number of halogens is 4. The number of H-pyrrole nitrogens is 1. The number of nitrogens with two attached hydrogens (primary N) is 1. The Morgan fingerprint density at radius 1 is 1.17 bits per heavy atom. The lowest BCUT2D eigenvalue weighted by atomic mass is 10.0. The van der Waals surface area contributed by atoms with Crippen molar-refractivity contribution in [2.75, 3.05) is 13.2 Å². The summed E-state index contributed by atoms with van der Waals surface area (Å²) in [5, 5.41) is 0. The van der Waals surface area contributed by atoms with E-state index in [0.29, 0.717) is 0 Å². The average molecular weight is 499 g/mol. The fourth-order valence-electron chi connectivity index (χ4n) is 3.65. The smallest absolute Gasteiger partial charge is 0.431 e. The number of likely N-dealkylation sites (tertiary alicyclic amines) is 1. The minimum absolute atomic E-state index is 0.0449. The highest BCUT2D eigenvalue weighted by molar-refractivity contribution is 5.94. The van der Waals surface area contributed by atoms with E-state index in [1.807, 2.05) is 0 Å². The van der Waals surface area contributed by atoms with E-state index in [4.69, 9.17) is 15.2 Å². The SMILES string of the molecule is CC(C)(C)OC(=O)N1C[C@@H](F)C[C@H]1COc1ccc(-c2cc(C(N)=O)c(=O)[nH]c2C(F)(F)F)cc1. The number of amides is 2. The highest BCUT2D eigenvalue weighted by Gasteiger charge is 2.38. The number of aromatic amines is 1. The minimum atomic E-state index is -4.89. The van der Waals surface area contributed by atoms with Crippen molar-refractivity contribution < 1.29 is 36.6 Å². The molecule has 0 saturated carbocycles. The van der Waals surface area contributed by atoms with Gasteiger partial charge in [-0.3, -0.25) is 14.5 Å². The van der Waals surface area contributed by atoms with Crippen LogP contribution in [0, 0.1) is 0 Å². The fraction of sp³-hybridized carbons (Fsp3) is 0.435. The largest absolute Gasteiger partial charge is 0.491 e. The molecule has 1 saturated heterocycles. The molecule has 2 aromatic rings. The number of nitrogens with zero attached hydrogens (tertiary/aromatic N) is 1. The van der Waals surface area contributed by atoms with Gasteiger partial charge in [-0.25, -0.2) is 9.18 Å². The molecular formula is C23H25F4N3O5. The second-order valence-electron chi connectivity index (χ2n) is 9.12. The first kappa shape index (κ1) is 26.0. The van der Waals surface area contributed by atoms with Gasteiger partial charge in [0.1, 0.15) is 35.4 Å². The van der Waals surface area contributed by atoms with E-state index >= 15 is 0 Å². The molecule has 1 aromatic heterocycles. The zero-order valence-corrected chi connectivity index (χ0v) is 19.2. The van der Waals surface area contributed by atoms with Crippen LogP contribution >= 0.6 is 0 Å². The van der Waals surface area contributed by atoms with Crippen LogP contribution in [-0.4, -0.2) is 52.9 Å². The van der Waals surface area contributed by atoms with E-state index < -0.39 is 58.4 Å². The molecule has 3 N–H and O–H groups in total. The number of benzene rings is 1. The Hall–Kier alpha value is -3.57. The topological polar surface area (TPSA) is 115 Å². The number of hydrogen-bond acceptors (Lipinski definition) is 5. The van der Waals surface area contributed by atoms with E-state index in [1.54, 1.807) is 25.8 Å². The Kier molecular flexibility index (Phi) is 7.13. The monoisotopic (exact) mass is 499 g/mol. The maximum atomic E-state index is 14.0. The third-order valence-electron chi connectivity index (χ3n) is 5.19. The number of aromatic nitrogens is 1. The first-order chi connectivity index (χ1) is 16.2. The number of pyridine rings is 1. The molecule has 1 aliphatic rings. The molecule has 190 valence electrons. The average Bonchev–Trinajstić information content (AvgIpc) is 3.11. The Labute approximate surface area is 198 Å². The Morgan fingerprint density at radius 3 is 2.34 bits per heavy atom. The molecule has 2 amide bonds. The quantitative estimate of drug-likeness (QED) is 0.606. The van der Waals surface area contributed by atoms with Crippen molar-refractivity contribution in [1.29, 1.82) is 0 Å². The molecule has 35 heavy (non-hydrogen) atoms. The zero-order valence-electron chi connectivity index (χ0n) is 19.2. The summed E-state index contributed by atoms with van der Waals surface area (Å²) in [6.07, 6.45) is -6.74. The van der Waals surface area contributed by atoms with Gasteiger partial charge in [-0.15, -0.1) is 0 Å². The lowest BCUT2D eigenvalue weighted by molar-refractivity contribution is -0.140. The van der Waals surface area contributed by atoms with Gasteiger partial charge in [-0.05, 0) is 44.5 Å². The maximum Gasteiger partial charge on any atom is 0.431 e. The summed E-state index contributed by atoms with van der Waals surface area (Å²) in [7, 11) is 0. The minimum Gasteiger partial charge on any atom is -0.491 e. The molecule has 0 radical (unpaired) electrons. The van der Waals surface area contributed by atoms with Crippen LogP contribution in [0.3, 0.4) is 0 Å². The van der Waals surface area contributed by atoms with Crippen LogP contribution in [0.4, 0.5) is 22.4 Å². The van der Waals surface area contributed by atoms with Gasteiger partial charge in [0.05, 0.1) is 12.6 Å². The Balaban J connectivity index is 1.79. The lowest BCUT2D eigenvalue weighted by Crippen LogP contribution is -2.42. The molecule has 8 nitrogen and oxygen atoms in total. The predicted molar refractivity (Wildman–Crippen MR) is 118 cm³/mol. The summed E-state index contributed by atoms with van der Waals surface area (Å²) >= 11 is 0. The first-order valence-corrected chi connectivity index (χ1v) is 10.7. The number of hydrogen-bond donors (Lipinski definition) is 2. The first-order valence-electron chi connectivity index (χ1n) is 10.7. The fourth-order valence-corrected chi connectivity index (χ4v) is 3.65. The molecule has 0 aliphatic carbocycles. The van der Waals surface area contributed by atoms with Crippen molar-refractivity contribution in [2.45, 2.75) is 51.2 Å². The highest BCUT2D eigenvalue weighted by Crippen LogP contribution is 2.36. The third-order valence-corrected chi connectivity index (χ3v) is 5.19. The van der Waals surface area contributed by atoms with Crippen molar-refractivity contribution in [3.63, 3.8) is 0 Å². The summed E-state index contributed by atoms with van der Waals surface area (Å²) < 4.78 is 65.3. The van der Waals surface area contributed by atoms with Crippen LogP contribution in [0.5, 0.6) is 5.75 Å². The van der Waals surface area contributed by atoms with Crippen LogP contribution in [-0.2, 0) is 10.9 Å². The van der Waals surface area contributed by atoms with E-state index in [1.165, 1.54) is 29.2 Å². The number of rotatable bonds is 5. The van der Waals surface area contributed by atoms with Crippen LogP contribution in [0.2, 0.25) is 0 Å². The van der Waals surface area contributed by atoms with Gasteiger partial charge in [-0.2, -0.15) is 13.2 Å². The molecular weight excluding hydrogens is 474 g/mol. The molecule has 1 aromatic carbocycles. The normalized spacial score (nSPS) is 18.4. The predicted octanol–water partition coefficient (Wildman–Crippen LogP) is 3.89. The van der Waals surface area contributed by atoms with Gasteiger partial charge in [-0.1, -0.05) is 12.1 Å². The van der Waals surface area contributed by atoms with Crippen LogP contribution < -0.4 is 16.0 Å². The van der Waals surface area contributed by atoms with Gasteiger partial charge in [0.2, 0.25) is 0 Å². The number of nitrogens with one attached hydrogen (secondary N) is 1. The van der Waals surface area contributed by atoms with Crippen LogP contribution in [0.25, 0.3) is 11.1 Å². The van der Waals surface area contributed by atoms with Gasteiger partial charge in [0.15, 0.2) is 0 Å². The Morgan fingerprint density at radius 2 is 1.80 bits per heavy atom. The summed E-state index contributed by atoms with van der Waals surface area (Å²) in [5.41, 5.74) is 0.766. The molecule has 12 heteroatoms. The number of ether oxygens (including phenoxy) is 2. The summed E-state index contributed by atoms with van der Waals surface area (Å²) in [6.45, 7) is 4.90. The van der Waals surface area contributed by atoms with E-state index in [2.05, 4.69) is 0 Å². The van der Waals surface area contributed by atoms with Gasteiger partial charge < -0.3 is 20.2 Å². The second kappa shape index (κ2) is 9.59. The van der Waals surface area contributed by atoms with Crippen molar-refractivity contribution in [3.8, 4) is 16.9 Å². The van der Waals surface area contributed by atoms with E-state index in [9.17, 15) is 31.9 Å². The maximum absolute atomic E-state index is 14.0. The number of primary amides is 1. The summed E-state index contributed by atoms with van der Waals surface area (Å²) in [6, 6.07) is 5.57. The molecule has 0 unspecified atom stereocenters. The van der Waals surface area contributed by atoms with Crippen LogP contribution in [0.1, 0.15) is 43.2 Å². The van der Waals surface area contributed by atoms with Crippen LogP contribution in [0.15, 0.2) is 35.1 Å². The lowest BCUT2D eigenvalue weighted by Gasteiger charge is -2.28. The van der Waals surface area contributed by atoms with Crippen molar-refractivity contribution in [1.82, 2.24) is 9.88 Å². The summed E-state index contributed by atoms with van der Waals surface area (Å²) in [5.74, 6) is -0.910. The molecule has 2 heterocycles. The van der Waals surface area contributed by atoms with Gasteiger partial charge >= 0.3 is 12.3 Å². The van der Waals surface area contributed by atoms with E-state index in [-0.39, 0.29) is 30.9 Å². The van der Waals surface area contributed by atoms with Gasteiger partial charge in [0, 0.05) is 12.0 Å². The van der Waals surface area contributed by atoms with Crippen molar-refractivity contribution in [2.24, 2.45) is 5.73 Å².